The van der Waals surface area contributed by atoms with Crippen LogP contribution >= 0.6 is 11.3 Å². The molecule has 0 radical (unpaired) electrons. The molecule has 0 fully saturated rings. The third-order valence-electron chi connectivity index (χ3n) is 10.1. The second-order valence-corrected chi connectivity index (χ2v) is 17.4. The highest BCUT2D eigenvalue weighted by atomic mass is 32.2. The lowest BCUT2D eigenvalue weighted by Crippen LogP contribution is -2.08. The van der Waals surface area contributed by atoms with Crippen molar-refractivity contribution < 1.29 is 37.1 Å². The zero-order valence-corrected chi connectivity index (χ0v) is 37.7. The van der Waals surface area contributed by atoms with Crippen LogP contribution in [0.25, 0.3) is 27.8 Å². The Balaban J connectivity index is 1.27. The van der Waals surface area contributed by atoms with Crippen molar-refractivity contribution in [1.29, 1.82) is 10.5 Å². The zero-order valence-electron chi connectivity index (χ0n) is 36.0. The molecule has 0 unspecified atom stereocenters. The van der Waals surface area contributed by atoms with Crippen LogP contribution in [0.3, 0.4) is 0 Å². The molecule has 3 heterocycles. The second kappa shape index (κ2) is 20.7. The molecule has 21 heteroatoms. The van der Waals surface area contributed by atoms with Gasteiger partial charge in [-0.2, -0.15) is 18.9 Å². The summed E-state index contributed by atoms with van der Waals surface area (Å²) in [5.74, 6) is -1.07. The predicted molar refractivity (Wildman–Crippen MR) is 250 cm³/mol. The number of amides is 1. The van der Waals surface area contributed by atoms with Gasteiger partial charge in [0.15, 0.2) is 16.3 Å². The van der Waals surface area contributed by atoms with Crippen LogP contribution in [0.15, 0.2) is 116 Å². The van der Waals surface area contributed by atoms with Crippen molar-refractivity contribution in [1.82, 2.24) is 9.38 Å². The summed E-state index contributed by atoms with van der Waals surface area (Å²) in [6.45, 7) is 5.27. The van der Waals surface area contributed by atoms with Gasteiger partial charge in [-0.05, 0) is 92.3 Å². The minimum atomic E-state index is -4.29. The lowest BCUT2D eigenvalue weighted by molar-refractivity contribution is -0.128. The number of nitrogens with one attached hydrogen (secondary N) is 1. The summed E-state index contributed by atoms with van der Waals surface area (Å²) < 4.78 is 44.5. The average molecular weight is 938 g/mol. The highest BCUT2D eigenvalue weighted by Gasteiger charge is 2.23. The molecule has 7 rings (SSSR count). The standard InChI is InChI=1S/C46H39N11O8S2/c1-27-21-38(53-54-42-28(2)34(24-47)43-50-36-12-4-5-13-39(36)57(43)46(42)60)40(65-19-8-20-67(61,62)63)23-37(27)52-55-44-35(25-48)41(31-10-6-11-33(22-31)49-29(3)59)45(66-44)56-51-32-16-14-30(15-17-32)9-7-18-64-26-58/h4-6,10-17,21-23,26,60H,7-9,18-20H2,1-3H3,(H,49,59)(H,61,62,63). The predicted octanol–water partition coefficient (Wildman–Crippen LogP) is 11.2. The third kappa shape index (κ3) is 11.0. The largest absolute Gasteiger partial charge is 0.493 e. The van der Waals surface area contributed by atoms with Gasteiger partial charge in [0.25, 0.3) is 16.6 Å². The fraction of sp³-hybridized carbons (Fsp3) is 0.196. The summed E-state index contributed by atoms with van der Waals surface area (Å²) in [5, 5.41) is 62.3. The quantitative estimate of drug-likeness (QED) is 0.0315. The van der Waals surface area contributed by atoms with E-state index in [1.165, 1.54) is 17.4 Å². The number of rotatable bonds is 18. The van der Waals surface area contributed by atoms with E-state index in [1.54, 1.807) is 80.6 Å². The minimum Gasteiger partial charge on any atom is -0.493 e. The van der Waals surface area contributed by atoms with Gasteiger partial charge in [-0.3, -0.25) is 18.5 Å². The third-order valence-corrected chi connectivity index (χ3v) is 11.8. The van der Waals surface area contributed by atoms with Gasteiger partial charge in [-0.15, -0.1) is 30.7 Å². The molecule has 338 valence electrons. The first-order valence-electron chi connectivity index (χ1n) is 20.4. The van der Waals surface area contributed by atoms with Crippen LogP contribution in [-0.4, -0.2) is 58.8 Å². The first-order chi connectivity index (χ1) is 32.3. The molecule has 67 heavy (non-hydrogen) atoms. The molecule has 0 aliphatic carbocycles. The molecule has 0 bridgehead atoms. The van der Waals surface area contributed by atoms with Gasteiger partial charge in [0.05, 0.1) is 41.4 Å². The average Bonchev–Trinajstić information content (AvgIpc) is 3.87. The van der Waals surface area contributed by atoms with E-state index >= 15 is 0 Å². The Kier molecular flexibility index (Phi) is 14.5. The molecule has 0 saturated carbocycles. The Bertz CT molecular complexity index is 3330. The number of aryl methyl sites for hydroxylation is 2. The summed E-state index contributed by atoms with van der Waals surface area (Å²) in [5.41, 5.74) is 5.91. The number of pyridine rings is 1. The summed E-state index contributed by atoms with van der Waals surface area (Å²) in [7, 11) is -4.29. The van der Waals surface area contributed by atoms with Crippen LogP contribution in [0.1, 0.15) is 47.6 Å². The molecule has 0 aliphatic rings. The van der Waals surface area contributed by atoms with E-state index in [9.17, 15) is 38.2 Å². The number of hydrogen-bond donors (Lipinski definition) is 3. The number of nitrogens with zero attached hydrogens (tertiary/aromatic N) is 10. The van der Waals surface area contributed by atoms with E-state index < -0.39 is 15.9 Å². The summed E-state index contributed by atoms with van der Waals surface area (Å²) in [6.07, 6.45) is 1.26. The van der Waals surface area contributed by atoms with Crippen LogP contribution in [0, 0.1) is 36.5 Å². The minimum absolute atomic E-state index is 0.00555. The van der Waals surface area contributed by atoms with Gasteiger partial charge < -0.3 is 19.9 Å². The SMILES string of the molecule is CC(=O)Nc1cccc(-c2c(N=Nc3ccc(CCCOC=O)cc3)sc(N=Nc3cc(OCCCS(=O)(=O)O)c(N=Nc4c(C)c(C#N)c5nc6ccccc6n5c4O)cc3C)c2C#N)c1. The van der Waals surface area contributed by atoms with Crippen molar-refractivity contribution in [2.75, 3.05) is 24.3 Å². The molecule has 0 spiro atoms. The summed E-state index contributed by atoms with van der Waals surface area (Å²) in [4.78, 5) is 26.9. The number of anilines is 1. The number of ether oxygens (including phenoxy) is 2. The number of aromatic hydroxyl groups is 1. The van der Waals surface area contributed by atoms with Gasteiger partial charge in [-0.25, -0.2) is 4.98 Å². The fourth-order valence-electron chi connectivity index (χ4n) is 6.93. The number of benzene rings is 4. The number of fused-ring (bicyclic) bond motifs is 3. The number of hydrogen-bond acceptors (Lipinski definition) is 17. The summed E-state index contributed by atoms with van der Waals surface area (Å²) in [6, 6.07) is 28.8. The lowest BCUT2D eigenvalue weighted by atomic mass is 10.0. The van der Waals surface area contributed by atoms with Crippen molar-refractivity contribution in [2.24, 2.45) is 30.7 Å². The maximum atomic E-state index is 11.9. The molecule has 0 aliphatic heterocycles. The number of imidazole rings is 1. The highest BCUT2D eigenvalue weighted by molar-refractivity contribution is 7.85. The molecular formula is C46H39N11O8S2. The van der Waals surface area contributed by atoms with Gasteiger partial charge in [0.1, 0.15) is 39.7 Å². The number of thiophene rings is 1. The number of azo groups is 3. The van der Waals surface area contributed by atoms with E-state index in [2.05, 4.69) is 53.1 Å². The number of carbonyl (C=O) groups excluding carboxylic acids is 2. The Hall–Kier alpha value is -8.24. The Morgan fingerprint density at radius 1 is 0.881 bits per heavy atom. The van der Waals surface area contributed by atoms with E-state index in [0.29, 0.717) is 75.6 Å². The number of aromatic nitrogens is 2. The second-order valence-electron chi connectivity index (χ2n) is 14.8. The van der Waals surface area contributed by atoms with E-state index in [1.807, 2.05) is 12.1 Å². The summed E-state index contributed by atoms with van der Waals surface area (Å²) >= 11 is 1.06. The number of carbonyl (C=O) groups is 2. The highest BCUT2D eigenvalue weighted by Crippen LogP contribution is 2.49. The molecule has 19 nitrogen and oxygen atoms in total. The Labute approximate surface area is 387 Å². The molecule has 0 atom stereocenters. The van der Waals surface area contributed by atoms with E-state index in [-0.39, 0.29) is 69.4 Å². The van der Waals surface area contributed by atoms with Crippen LogP contribution in [0.2, 0.25) is 0 Å². The van der Waals surface area contributed by atoms with Crippen molar-refractivity contribution in [3.05, 3.63) is 113 Å². The maximum absolute atomic E-state index is 11.9. The van der Waals surface area contributed by atoms with Crippen LogP contribution < -0.4 is 10.1 Å². The molecule has 3 N–H and O–H groups in total. The zero-order chi connectivity index (χ0) is 47.7. The number of nitriles is 2. The number of para-hydroxylation sites is 2. The normalized spacial score (nSPS) is 11.7. The first kappa shape index (κ1) is 46.7. The smallest absolute Gasteiger partial charge is 0.293 e. The molecule has 4 aromatic carbocycles. The molecule has 3 aromatic heterocycles. The monoisotopic (exact) mass is 937 g/mol. The Morgan fingerprint density at radius 2 is 1.63 bits per heavy atom. The van der Waals surface area contributed by atoms with E-state index in [0.717, 1.165) is 16.9 Å². The molecule has 7 aromatic rings. The lowest BCUT2D eigenvalue weighted by Gasteiger charge is -2.12. The van der Waals surface area contributed by atoms with Gasteiger partial charge >= 0.3 is 0 Å². The van der Waals surface area contributed by atoms with Crippen LogP contribution in [-0.2, 0) is 30.9 Å². The maximum Gasteiger partial charge on any atom is 0.293 e. The molecule has 0 saturated heterocycles. The van der Waals surface area contributed by atoms with Gasteiger partial charge in [0, 0.05) is 29.8 Å². The van der Waals surface area contributed by atoms with Crippen molar-refractivity contribution in [3.63, 3.8) is 0 Å². The fourth-order valence-corrected chi connectivity index (χ4v) is 8.33. The molecule has 1 amide bonds. The topological polar surface area (TPSA) is 278 Å². The van der Waals surface area contributed by atoms with Crippen LogP contribution in [0.5, 0.6) is 11.6 Å². The van der Waals surface area contributed by atoms with E-state index in [4.69, 9.17) is 9.47 Å². The van der Waals surface area contributed by atoms with Crippen LogP contribution in [0.4, 0.5) is 38.4 Å². The van der Waals surface area contributed by atoms with Gasteiger partial charge in [0.2, 0.25) is 11.8 Å². The molecular weight excluding hydrogens is 899 g/mol. The Morgan fingerprint density at radius 3 is 2.36 bits per heavy atom. The van der Waals surface area contributed by atoms with Crippen molar-refractivity contribution in [2.45, 2.75) is 40.0 Å². The first-order valence-corrected chi connectivity index (χ1v) is 22.8. The van der Waals surface area contributed by atoms with Gasteiger partial charge in [-0.1, -0.05) is 47.7 Å². The van der Waals surface area contributed by atoms with Crippen molar-refractivity contribution >= 4 is 89.0 Å². The van der Waals surface area contributed by atoms with Crippen molar-refractivity contribution in [3.8, 4) is 34.9 Å².